The van der Waals surface area contributed by atoms with Crippen molar-refractivity contribution in [1.29, 1.82) is 0 Å². The molecule has 0 radical (unpaired) electrons. The maximum Gasteiger partial charge on any atom is 0.246 e. The molecule has 1 aromatic heterocycles. The highest BCUT2D eigenvalue weighted by atomic mass is 79.9. The Labute approximate surface area is 130 Å². The van der Waals surface area contributed by atoms with Gasteiger partial charge in [0.05, 0.1) is 6.54 Å². The second-order valence-electron chi connectivity index (χ2n) is 4.45. The van der Waals surface area contributed by atoms with E-state index in [1.807, 2.05) is 0 Å². The van der Waals surface area contributed by atoms with Crippen LogP contribution in [0, 0.1) is 0 Å². The van der Waals surface area contributed by atoms with Gasteiger partial charge in [-0.15, -0.1) is 0 Å². The second-order valence-corrected chi connectivity index (χ2v) is 7.63. The number of amides is 1. The molecule has 1 aromatic rings. The minimum absolute atomic E-state index is 0.0918. The van der Waals surface area contributed by atoms with E-state index in [0.717, 1.165) is 4.31 Å². The summed E-state index contributed by atoms with van der Waals surface area (Å²) in [6.45, 7) is 0.637. The number of rotatable bonds is 2. The summed E-state index contributed by atoms with van der Waals surface area (Å²) < 4.78 is 26.8. The lowest BCUT2D eigenvalue weighted by Gasteiger charge is -2.19. The molecule has 0 bridgehead atoms. The molecule has 2 heterocycles. The van der Waals surface area contributed by atoms with Gasteiger partial charge in [-0.25, -0.2) is 13.4 Å². The number of carbonyl (C=O) groups is 1. The molecule has 0 unspecified atom stereocenters. The Balaban J connectivity index is 2.39. The van der Waals surface area contributed by atoms with Crippen LogP contribution in [0.4, 0.5) is 0 Å². The normalized spacial score (nSPS) is 18.1. The van der Waals surface area contributed by atoms with Gasteiger partial charge in [0.15, 0.2) is 0 Å². The lowest BCUT2D eigenvalue weighted by molar-refractivity contribution is -0.129. The summed E-state index contributed by atoms with van der Waals surface area (Å²) in [4.78, 5) is 17.1. The van der Waals surface area contributed by atoms with E-state index in [4.69, 9.17) is 11.6 Å². The van der Waals surface area contributed by atoms with Crippen LogP contribution in [0.5, 0.6) is 0 Å². The van der Waals surface area contributed by atoms with Crippen LogP contribution in [-0.4, -0.2) is 55.2 Å². The molecule has 0 saturated carbocycles. The second kappa shape index (κ2) is 5.97. The Bertz CT molecular complexity index is 638. The fourth-order valence-corrected chi connectivity index (χ4v) is 4.24. The number of sulfonamides is 1. The molecule has 1 saturated heterocycles. The smallest absolute Gasteiger partial charge is 0.246 e. The summed E-state index contributed by atoms with van der Waals surface area (Å²) in [5.41, 5.74) is 0. The molecule has 0 spiro atoms. The number of hydrogen-bond acceptors (Lipinski definition) is 4. The summed E-state index contributed by atoms with van der Waals surface area (Å²) >= 11 is 9.04. The summed E-state index contributed by atoms with van der Waals surface area (Å²) in [6, 6.07) is 1.39. The average molecular weight is 383 g/mol. The Morgan fingerprint density at radius 1 is 1.40 bits per heavy atom. The van der Waals surface area contributed by atoms with Crippen molar-refractivity contribution in [3.63, 3.8) is 0 Å². The highest BCUT2D eigenvalue weighted by Crippen LogP contribution is 2.26. The zero-order valence-electron chi connectivity index (χ0n) is 10.7. The van der Waals surface area contributed by atoms with Crippen LogP contribution in [0.2, 0.25) is 5.15 Å². The van der Waals surface area contributed by atoms with Crippen molar-refractivity contribution < 1.29 is 13.2 Å². The minimum atomic E-state index is -3.83. The van der Waals surface area contributed by atoms with Crippen molar-refractivity contribution in [3.05, 3.63) is 21.9 Å². The molecule has 6 nitrogen and oxygen atoms in total. The first-order valence-corrected chi connectivity index (χ1v) is 8.48. The van der Waals surface area contributed by atoms with E-state index < -0.39 is 10.0 Å². The molecule has 1 fully saturated rings. The van der Waals surface area contributed by atoms with E-state index in [0.29, 0.717) is 17.4 Å². The van der Waals surface area contributed by atoms with E-state index in [-0.39, 0.29) is 29.0 Å². The molecule has 0 aromatic carbocycles. The van der Waals surface area contributed by atoms with Gasteiger partial charge in [-0.1, -0.05) is 11.6 Å². The van der Waals surface area contributed by atoms with Crippen LogP contribution in [-0.2, 0) is 14.8 Å². The van der Waals surface area contributed by atoms with E-state index in [9.17, 15) is 13.2 Å². The van der Waals surface area contributed by atoms with E-state index in [2.05, 4.69) is 20.9 Å². The monoisotopic (exact) mass is 381 g/mol. The number of likely N-dealkylation sites (N-methyl/N-ethyl adjacent to an activating group) is 1. The molecule has 2 rings (SSSR count). The third-order valence-electron chi connectivity index (χ3n) is 3.03. The molecule has 20 heavy (non-hydrogen) atoms. The summed E-state index contributed by atoms with van der Waals surface area (Å²) in [5.74, 6) is -0.231. The van der Waals surface area contributed by atoms with E-state index >= 15 is 0 Å². The van der Waals surface area contributed by atoms with Crippen molar-refractivity contribution in [2.45, 2.75) is 11.3 Å². The first kappa shape index (κ1) is 15.7. The molecule has 1 amide bonds. The lowest BCUT2D eigenvalue weighted by Crippen LogP contribution is -2.38. The van der Waals surface area contributed by atoms with Crippen LogP contribution in [0.3, 0.4) is 0 Å². The summed E-state index contributed by atoms with van der Waals surface area (Å²) in [7, 11) is -2.17. The van der Waals surface area contributed by atoms with Crippen molar-refractivity contribution in [1.82, 2.24) is 14.2 Å². The van der Waals surface area contributed by atoms with Crippen LogP contribution in [0.1, 0.15) is 6.42 Å². The van der Waals surface area contributed by atoms with E-state index in [1.165, 1.54) is 17.2 Å². The predicted molar refractivity (Wildman–Crippen MR) is 78.0 cm³/mol. The zero-order valence-corrected chi connectivity index (χ0v) is 13.9. The molecule has 1 aliphatic rings. The fourth-order valence-electron chi connectivity index (χ4n) is 1.89. The quantitative estimate of drug-likeness (QED) is 0.724. The van der Waals surface area contributed by atoms with Gasteiger partial charge in [-0.2, -0.15) is 4.31 Å². The molecular weight excluding hydrogens is 370 g/mol. The number of hydrogen-bond donors (Lipinski definition) is 0. The zero-order chi connectivity index (χ0) is 14.9. The maximum absolute atomic E-state index is 12.6. The van der Waals surface area contributed by atoms with Crippen LogP contribution in [0.25, 0.3) is 0 Å². The first-order chi connectivity index (χ1) is 9.32. The molecule has 0 atom stereocenters. The Kier molecular flexibility index (Phi) is 4.68. The number of carbonyl (C=O) groups excluding carboxylic acids is 1. The maximum atomic E-state index is 12.6. The molecule has 1 aliphatic heterocycles. The standard InChI is InChI=1S/C11H13BrClN3O3S/c1-15-3-2-4-16(7-10(15)17)20(18,19)9-5-8(12)6-14-11(9)13/h5-6H,2-4,7H2,1H3. The Hall–Kier alpha value is -0.700. The number of nitrogens with zero attached hydrogens (tertiary/aromatic N) is 3. The van der Waals surface area contributed by atoms with Crippen molar-refractivity contribution in [3.8, 4) is 0 Å². The number of aromatic nitrogens is 1. The van der Waals surface area contributed by atoms with Gasteiger partial charge in [0.25, 0.3) is 0 Å². The summed E-state index contributed by atoms with van der Waals surface area (Å²) in [6.07, 6.45) is 2.00. The SMILES string of the molecule is CN1CCCN(S(=O)(=O)c2cc(Br)cnc2Cl)CC1=O. The summed E-state index contributed by atoms with van der Waals surface area (Å²) in [5, 5.41) is -0.0988. The highest BCUT2D eigenvalue weighted by molar-refractivity contribution is 9.10. The highest BCUT2D eigenvalue weighted by Gasteiger charge is 2.31. The van der Waals surface area contributed by atoms with Gasteiger partial charge in [-0.3, -0.25) is 4.79 Å². The van der Waals surface area contributed by atoms with Gasteiger partial charge in [0.1, 0.15) is 10.0 Å². The molecule has 9 heteroatoms. The lowest BCUT2D eigenvalue weighted by atomic mass is 10.4. The molecule has 0 aliphatic carbocycles. The van der Waals surface area contributed by atoms with Crippen molar-refractivity contribution >= 4 is 43.5 Å². The third-order valence-corrected chi connectivity index (χ3v) is 5.74. The number of pyridine rings is 1. The Morgan fingerprint density at radius 3 is 2.80 bits per heavy atom. The molecular formula is C11H13BrClN3O3S. The fraction of sp³-hybridized carbons (Fsp3) is 0.455. The molecule has 110 valence electrons. The number of halogens is 2. The van der Waals surface area contributed by atoms with Gasteiger partial charge < -0.3 is 4.90 Å². The first-order valence-electron chi connectivity index (χ1n) is 5.87. The van der Waals surface area contributed by atoms with Crippen LogP contribution < -0.4 is 0 Å². The molecule has 0 N–H and O–H groups in total. The third kappa shape index (κ3) is 3.13. The van der Waals surface area contributed by atoms with Crippen LogP contribution in [0.15, 0.2) is 21.6 Å². The van der Waals surface area contributed by atoms with Gasteiger partial charge in [-0.05, 0) is 28.4 Å². The minimum Gasteiger partial charge on any atom is -0.345 e. The van der Waals surface area contributed by atoms with Gasteiger partial charge in [0.2, 0.25) is 15.9 Å². The van der Waals surface area contributed by atoms with Gasteiger partial charge >= 0.3 is 0 Å². The average Bonchev–Trinajstić information content (AvgIpc) is 2.55. The van der Waals surface area contributed by atoms with Crippen molar-refractivity contribution in [2.75, 3.05) is 26.7 Å². The van der Waals surface area contributed by atoms with Crippen molar-refractivity contribution in [2.24, 2.45) is 0 Å². The topological polar surface area (TPSA) is 70.6 Å². The predicted octanol–water partition coefficient (Wildman–Crippen LogP) is 1.35. The largest absolute Gasteiger partial charge is 0.345 e. The van der Waals surface area contributed by atoms with Gasteiger partial charge in [0, 0.05) is 30.8 Å². The Morgan fingerprint density at radius 2 is 2.10 bits per heavy atom. The van der Waals surface area contributed by atoms with E-state index in [1.54, 1.807) is 7.05 Å². The van der Waals surface area contributed by atoms with Crippen LogP contribution >= 0.6 is 27.5 Å².